The summed E-state index contributed by atoms with van der Waals surface area (Å²) >= 11 is 0. The molecule has 0 atom stereocenters. The van der Waals surface area contributed by atoms with Crippen molar-refractivity contribution in [2.45, 2.75) is 6.92 Å². The molecule has 0 unspecified atom stereocenters. The van der Waals surface area contributed by atoms with E-state index in [1.54, 1.807) is 43.4 Å². The summed E-state index contributed by atoms with van der Waals surface area (Å²) in [5.74, 6) is 0.442. The van der Waals surface area contributed by atoms with Crippen molar-refractivity contribution in [3.05, 3.63) is 48.4 Å². The summed E-state index contributed by atoms with van der Waals surface area (Å²) in [5.41, 5.74) is 8.11. The van der Waals surface area contributed by atoms with Crippen LogP contribution in [0.1, 0.15) is 6.92 Å². The Morgan fingerprint density at radius 1 is 1.13 bits per heavy atom. The molecule has 0 bridgehead atoms. The molecule has 0 amide bonds. The Hall–Kier alpha value is -4.08. The van der Waals surface area contributed by atoms with Crippen LogP contribution in [-0.2, 0) is 4.79 Å². The highest BCUT2D eigenvalue weighted by Gasteiger charge is 2.10. The third kappa shape index (κ3) is 4.85. The van der Waals surface area contributed by atoms with Crippen molar-refractivity contribution in [3.63, 3.8) is 0 Å². The predicted octanol–water partition coefficient (Wildman–Crippen LogP) is 3.66. The van der Waals surface area contributed by atoms with Crippen molar-refractivity contribution in [1.82, 2.24) is 9.97 Å². The van der Waals surface area contributed by atoms with E-state index in [-0.39, 0.29) is 11.8 Å². The van der Waals surface area contributed by atoms with Gasteiger partial charge in [-0.3, -0.25) is 4.79 Å². The van der Waals surface area contributed by atoms with Gasteiger partial charge in [-0.15, -0.1) is 0 Å². The second kappa shape index (κ2) is 9.41. The molecule has 9 nitrogen and oxygen atoms in total. The lowest BCUT2D eigenvalue weighted by molar-refractivity contribution is -0.120. The van der Waals surface area contributed by atoms with Gasteiger partial charge < -0.3 is 31.2 Å². The number of nitrogen functional groups attached to an aromatic ring is 1. The first-order chi connectivity index (χ1) is 14.5. The van der Waals surface area contributed by atoms with E-state index in [2.05, 4.69) is 25.9 Å². The summed E-state index contributed by atoms with van der Waals surface area (Å²) in [6.45, 7) is 2.70. The van der Waals surface area contributed by atoms with Gasteiger partial charge in [0.25, 0.3) is 6.47 Å². The van der Waals surface area contributed by atoms with Gasteiger partial charge in [-0.1, -0.05) is 0 Å². The lowest BCUT2D eigenvalue weighted by Crippen LogP contribution is -2.04. The van der Waals surface area contributed by atoms with E-state index in [4.69, 9.17) is 15.2 Å². The van der Waals surface area contributed by atoms with Crippen molar-refractivity contribution in [2.75, 3.05) is 35.3 Å². The normalized spacial score (nSPS) is 10.2. The number of hydrogen-bond donors (Lipinski definition) is 4. The first-order valence-corrected chi connectivity index (χ1v) is 9.05. The lowest BCUT2D eigenvalue weighted by atomic mass is 10.2. The minimum atomic E-state index is -0.626. The summed E-state index contributed by atoms with van der Waals surface area (Å²) in [6.07, 6.45) is 1.05. The van der Waals surface area contributed by atoms with Crippen molar-refractivity contribution >= 4 is 41.0 Å². The summed E-state index contributed by atoms with van der Waals surface area (Å²) in [4.78, 5) is 18.7. The molecule has 10 heteroatoms. The van der Waals surface area contributed by atoms with Gasteiger partial charge in [0, 0.05) is 18.4 Å². The maximum Gasteiger partial charge on any atom is 0.298 e. The molecule has 0 fully saturated rings. The topological polar surface area (TPSA) is 123 Å². The zero-order valence-corrected chi connectivity index (χ0v) is 16.4. The van der Waals surface area contributed by atoms with Gasteiger partial charge in [-0.2, -0.15) is 4.98 Å². The van der Waals surface area contributed by atoms with E-state index in [1.807, 2.05) is 6.92 Å². The number of ether oxygens (including phenoxy) is 2. The van der Waals surface area contributed by atoms with Crippen LogP contribution in [-0.4, -0.2) is 30.1 Å². The average molecular weight is 412 g/mol. The number of nitrogens with one attached hydrogen (secondary N) is 3. The van der Waals surface area contributed by atoms with Crippen LogP contribution in [0.2, 0.25) is 0 Å². The number of anilines is 6. The SMILES string of the molecule is CCOc1ccc(Nc2nc(Nc3ccc(OC=O)c(NC)c3)ncc2F)cc1N. The van der Waals surface area contributed by atoms with Gasteiger partial charge in [0.15, 0.2) is 17.4 Å². The van der Waals surface area contributed by atoms with Crippen LogP contribution in [0.5, 0.6) is 11.5 Å². The Kier molecular flexibility index (Phi) is 6.48. The molecule has 0 aliphatic carbocycles. The van der Waals surface area contributed by atoms with Gasteiger partial charge in [0.05, 0.1) is 24.2 Å². The maximum absolute atomic E-state index is 14.2. The number of halogens is 1. The molecule has 3 aromatic rings. The molecule has 1 heterocycles. The molecular formula is C20H21FN6O3. The largest absolute Gasteiger partial charge is 0.492 e. The minimum absolute atomic E-state index is 0.0224. The van der Waals surface area contributed by atoms with Crippen LogP contribution in [0.3, 0.4) is 0 Å². The van der Waals surface area contributed by atoms with E-state index >= 15 is 0 Å². The van der Waals surface area contributed by atoms with E-state index in [0.717, 1.165) is 6.20 Å². The van der Waals surface area contributed by atoms with E-state index < -0.39 is 5.82 Å². The molecule has 3 rings (SSSR count). The fourth-order valence-corrected chi connectivity index (χ4v) is 2.65. The molecule has 0 aliphatic heterocycles. The standard InChI is InChI=1S/C20H21FN6O3/c1-3-29-17-6-4-12(8-15(17)22)25-19-14(21)10-24-20(27-19)26-13-5-7-18(30-11-28)16(9-13)23-2/h4-11,23H,3,22H2,1-2H3,(H2,24,25,26,27). The molecule has 0 aliphatic rings. The minimum Gasteiger partial charge on any atom is -0.492 e. The number of hydrogen-bond acceptors (Lipinski definition) is 9. The predicted molar refractivity (Wildman–Crippen MR) is 113 cm³/mol. The van der Waals surface area contributed by atoms with Crippen LogP contribution in [0.4, 0.5) is 38.9 Å². The van der Waals surface area contributed by atoms with Crippen LogP contribution < -0.4 is 31.2 Å². The summed E-state index contributed by atoms with van der Waals surface area (Å²) in [6, 6.07) is 10.0. The number of carbonyl (C=O) groups excluding carboxylic acids is 1. The summed E-state index contributed by atoms with van der Waals surface area (Å²) in [5, 5.41) is 8.78. The third-order valence-electron chi connectivity index (χ3n) is 4.00. The Bertz CT molecular complexity index is 1050. The van der Waals surface area contributed by atoms with Gasteiger partial charge in [0.1, 0.15) is 5.75 Å². The second-order valence-corrected chi connectivity index (χ2v) is 6.00. The highest BCUT2D eigenvalue weighted by molar-refractivity contribution is 5.70. The highest BCUT2D eigenvalue weighted by Crippen LogP contribution is 2.30. The average Bonchev–Trinajstić information content (AvgIpc) is 2.74. The van der Waals surface area contributed by atoms with Gasteiger partial charge >= 0.3 is 0 Å². The smallest absolute Gasteiger partial charge is 0.298 e. The summed E-state index contributed by atoms with van der Waals surface area (Å²) in [7, 11) is 1.69. The zero-order chi connectivity index (χ0) is 21.5. The van der Waals surface area contributed by atoms with Crippen molar-refractivity contribution in [3.8, 4) is 11.5 Å². The number of carbonyl (C=O) groups is 1. The van der Waals surface area contributed by atoms with E-state index in [0.29, 0.717) is 47.3 Å². The summed E-state index contributed by atoms with van der Waals surface area (Å²) < 4.78 is 24.5. The molecule has 30 heavy (non-hydrogen) atoms. The third-order valence-corrected chi connectivity index (χ3v) is 4.00. The van der Waals surface area contributed by atoms with Crippen LogP contribution >= 0.6 is 0 Å². The fourth-order valence-electron chi connectivity index (χ4n) is 2.65. The molecule has 156 valence electrons. The molecule has 0 saturated carbocycles. The van der Waals surface area contributed by atoms with Crippen LogP contribution in [0.15, 0.2) is 42.6 Å². The lowest BCUT2D eigenvalue weighted by Gasteiger charge is -2.13. The van der Waals surface area contributed by atoms with Crippen LogP contribution in [0.25, 0.3) is 0 Å². The molecule has 0 saturated heterocycles. The monoisotopic (exact) mass is 412 g/mol. The maximum atomic E-state index is 14.2. The Labute approximate surface area is 172 Å². The van der Waals surface area contributed by atoms with Crippen LogP contribution in [0, 0.1) is 5.82 Å². The zero-order valence-electron chi connectivity index (χ0n) is 16.4. The number of benzene rings is 2. The Morgan fingerprint density at radius 3 is 2.53 bits per heavy atom. The van der Waals surface area contributed by atoms with Crippen molar-refractivity contribution in [1.29, 1.82) is 0 Å². The fraction of sp³-hybridized carbons (Fsp3) is 0.150. The van der Waals surface area contributed by atoms with Crippen molar-refractivity contribution < 1.29 is 18.7 Å². The number of rotatable bonds is 9. The first kappa shape index (κ1) is 20.6. The van der Waals surface area contributed by atoms with E-state index in [1.165, 1.54) is 0 Å². The molecule has 0 radical (unpaired) electrons. The molecular weight excluding hydrogens is 391 g/mol. The number of nitrogens with zero attached hydrogens (tertiary/aromatic N) is 2. The first-order valence-electron chi connectivity index (χ1n) is 9.05. The Morgan fingerprint density at radius 2 is 1.87 bits per heavy atom. The second-order valence-electron chi connectivity index (χ2n) is 6.00. The van der Waals surface area contributed by atoms with E-state index in [9.17, 15) is 9.18 Å². The Balaban J connectivity index is 1.80. The van der Waals surface area contributed by atoms with Crippen molar-refractivity contribution in [2.24, 2.45) is 0 Å². The molecule has 0 spiro atoms. The number of nitrogens with two attached hydrogens (primary N) is 1. The van der Waals surface area contributed by atoms with Gasteiger partial charge in [-0.25, -0.2) is 9.37 Å². The quantitative estimate of drug-likeness (QED) is 0.308. The molecule has 1 aromatic heterocycles. The van der Waals surface area contributed by atoms with Gasteiger partial charge in [-0.05, 0) is 43.3 Å². The highest BCUT2D eigenvalue weighted by atomic mass is 19.1. The molecule has 5 N–H and O–H groups in total. The number of aromatic nitrogens is 2. The molecule has 2 aromatic carbocycles. The van der Waals surface area contributed by atoms with Gasteiger partial charge in [0.2, 0.25) is 5.95 Å².